The summed E-state index contributed by atoms with van der Waals surface area (Å²) in [5, 5.41) is 61.7. The van der Waals surface area contributed by atoms with Gasteiger partial charge in [0.2, 0.25) is 0 Å². The molecule has 0 unspecified atom stereocenters. The van der Waals surface area contributed by atoms with Gasteiger partial charge in [-0.3, -0.25) is 0 Å². The van der Waals surface area contributed by atoms with Crippen molar-refractivity contribution in [1.29, 1.82) is 0 Å². The Balaban J connectivity index is 2.45. The molecule has 0 aliphatic carbocycles. The van der Waals surface area contributed by atoms with Gasteiger partial charge in [0.1, 0.15) is 34.5 Å². The minimum atomic E-state index is -1.27. The predicted octanol–water partition coefficient (Wildman–Crippen LogP) is 3.89. The van der Waals surface area contributed by atoms with Gasteiger partial charge < -0.3 is 30.6 Å². The van der Waals surface area contributed by atoms with Gasteiger partial charge in [-0.05, 0) is 39.0 Å². The molecule has 0 fully saturated rings. The zero-order chi connectivity index (χ0) is 20.8. The standard InChI is InChI=1S/C22H22O6/c1-11-17(24)8-6-15(20(11)27)22(3,14-5-4-13(23)10-19(14)26)16-7-9-18(25)12(2)21(16)28/h4-10,23-28H,1-3H3. The molecule has 0 atom stereocenters. The largest absolute Gasteiger partial charge is 0.508 e. The first-order chi connectivity index (χ1) is 13.1. The lowest BCUT2D eigenvalue weighted by molar-refractivity contribution is 0.412. The number of rotatable bonds is 3. The number of aromatic hydroxyl groups is 6. The normalized spacial score (nSPS) is 11.5. The highest BCUT2D eigenvalue weighted by Crippen LogP contribution is 2.51. The van der Waals surface area contributed by atoms with Crippen molar-refractivity contribution < 1.29 is 30.6 Å². The van der Waals surface area contributed by atoms with Gasteiger partial charge in [-0.15, -0.1) is 0 Å². The van der Waals surface area contributed by atoms with Crippen molar-refractivity contribution >= 4 is 0 Å². The molecule has 0 saturated carbocycles. The Kier molecular flexibility index (Phi) is 4.51. The predicted molar refractivity (Wildman–Crippen MR) is 104 cm³/mol. The van der Waals surface area contributed by atoms with Crippen LogP contribution in [0.1, 0.15) is 34.7 Å². The maximum Gasteiger partial charge on any atom is 0.126 e. The van der Waals surface area contributed by atoms with E-state index in [-0.39, 0.29) is 45.6 Å². The molecule has 0 spiro atoms. The van der Waals surface area contributed by atoms with Crippen LogP contribution < -0.4 is 0 Å². The lowest BCUT2D eigenvalue weighted by Gasteiger charge is -2.34. The molecule has 0 aliphatic rings. The van der Waals surface area contributed by atoms with E-state index >= 15 is 0 Å². The molecule has 0 saturated heterocycles. The molecule has 6 nitrogen and oxygen atoms in total. The number of hydrogen-bond donors (Lipinski definition) is 6. The molecule has 6 N–H and O–H groups in total. The molecule has 6 heteroatoms. The second-order valence-corrected chi connectivity index (χ2v) is 7.04. The summed E-state index contributed by atoms with van der Waals surface area (Å²) in [7, 11) is 0. The molecule has 0 aromatic heterocycles. The van der Waals surface area contributed by atoms with Gasteiger partial charge in [0.25, 0.3) is 0 Å². The van der Waals surface area contributed by atoms with E-state index in [2.05, 4.69) is 0 Å². The fourth-order valence-electron chi connectivity index (χ4n) is 3.56. The zero-order valence-corrected chi connectivity index (χ0v) is 15.7. The van der Waals surface area contributed by atoms with Crippen LogP contribution in [-0.4, -0.2) is 30.6 Å². The van der Waals surface area contributed by atoms with Crippen LogP contribution in [0.15, 0.2) is 42.5 Å². The van der Waals surface area contributed by atoms with E-state index in [1.807, 2.05) is 0 Å². The Labute approximate surface area is 162 Å². The van der Waals surface area contributed by atoms with Crippen molar-refractivity contribution in [3.8, 4) is 34.5 Å². The molecule has 3 aromatic carbocycles. The summed E-state index contributed by atoms with van der Waals surface area (Å²) in [6.45, 7) is 4.79. The lowest BCUT2D eigenvalue weighted by Crippen LogP contribution is -2.26. The van der Waals surface area contributed by atoms with Gasteiger partial charge in [-0.2, -0.15) is 0 Å². The third-order valence-electron chi connectivity index (χ3n) is 5.40. The summed E-state index contributed by atoms with van der Waals surface area (Å²) in [5.41, 5.74) is 0.177. The number of hydrogen-bond acceptors (Lipinski definition) is 6. The molecule has 0 heterocycles. The van der Waals surface area contributed by atoms with Gasteiger partial charge >= 0.3 is 0 Å². The first-order valence-corrected chi connectivity index (χ1v) is 8.65. The van der Waals surface area contributed by atoms with Crippen LogP contribution in [0.3, 0.4) is 0 Å². The summed E-state index contributed by atoms with van der Waals surface area (Å²) in [6, 6.07) is 9.91. The molecule has 146 valence electrons. The SMILES string of the molecule is Cc1c(O)ccc(C(C)(c2ccc(O)cc2O)c2ccc(O)c(C)c2O)c1O. The van der Waals surface area contributed by atoms with E-state index in [0.29, 0.717) is 16.7 Å². The molecule has 0 radical (unpaired) electrons. The van der Waals surface area contributed by atoms with Crippen LogP contribution in [0.25, 0.3) is 0 Å². The first kappa shape index (κ1) is 19.2. The Bertz CT molecular complexity index is 1010. The smallest absolute Gasteiger partial charge is 0.126 e. The van der Waals surface area contributed by atoms with Gasteiger partial charge in [0, 0.05) is 33.9 Å². The van der Waals surface area contributed by atoms with Crippen LogP contribution >= 0.6 is 0 Å². The van der Waals surface area contributed by atoms with E-state index in [0.717, 1.165) is 0 Å². The van der Waals surface area contributed by atoms with E-state index in [1.165, 1.54) is 42.5 Å². The maximum atomic E-state index is 10.8. The van der Waals surface area contributed by atoms with Crippen molar-refractivity contribution in [1.82, 2.24) is 0 Å². The second kappa shape index (κ2) is 6.56. The van der Waals surface area contributed by atoms with Gasteiger partial charge in [0.05, 0.1) is 5.41 Å². The van der Waals surface area contributed by atoms with Gasteiger partial charge in [-0.1, -0.05) is 18.2 Å². The molecule has 0 aliphatic heterocycles. The third-order valence-corrected chi connectivity index (χ3v) is 5.40. The Morgan fingerprint density at radius 3 is 1.43 bits per heavy atom. The zero-order valence-electron chi connectivity index (χ0n) is 15.7. The number of phenolic OH excluding ortho intramolecular Hbond substituents is 6. The monoisotopic (exact) mass is 382 g/mol. The average Bonchev–Trinajstić information content (AvgIpc) is 2.64. The van der Waals surface area contributed by atoms with E-state index in [9.17, 15) is 30.6 Å². The Morgan fingerprint density at radius 1 is 0.571 bits per heavy atom. The maximum absolute atomic E-state index is 10.8. The number of benzene rings is 3. The quantitative estimate of drug-likeness (QED) is 0.382. The molecule has 28 heavy (non-hydrogen) atoms. The molecular weight excluding hydrogens is 360 g/mol. The van der Waals surface area contributed by atoms with Crippen LogP contribution in [0.2, 0.25) is 0 Å². The highest BCUT2D eigenvalue weighted by atomic mass is 16.3. The molecule has 0 amide bonds. The molecule has 0 bridgehead atoms. The van der Waals surface area contributed by atoms with Crippen molar-refractivity contribution in [2.24, 2.45) is 0 Å². The van der Waals surface area contributed by atoms with Crippen LogP contribution in [0, 0.1) is 13.8 Å². The van der Waals surface area contributed by atoms with E-state index in [4.69, 9.17) is 0 Å². The average molecular weight is 382 g/mol. The van der Waals surface area contributed by atoms with E-state index < -0.39 is 5.41 Å². The Hall–Kier alpha value is -3.54. The summed E-state index contributed by atoms with van der Waals surface area (Å²) in [5.74, 6) is -0.951. The summed E-state index contributed by atoms with van der Waals surface area (Å²) in [6.07, 6.45) is 0. The van der Waals surface area contributed by atoms with Gasteiger partial charge in [-0.25, -0.2) is 0 Å². The molecule has 3 aromatic rings. The summed E-state index contributed by atoms with van der Waals surface area (Å²) < 4.78 is 0. The van der Waals surface area contributed by atoms with Gasteiger partial charge in [0.15, 0.2) is 0 Å². The minimum absolute atomic E-state index is 0.0929. The highest BCUT2D eigenvalue weighted by molar-refractivity contribution is 5.65. The first-order valence-electron chi connectivity index (χ1n) is 8.65. The van der Waals surface area contributed by atoms with Crippen molar-refractivity contribution in [3.05, 3.63) is 70.3 Å². The Morgan fingerprint density at radius 2 is 1.00 bits per heavy atom. The highest BCUT2D eigenvalue weighted by Gasteiger charge is 2.39. The third kappa shape index (κ3) is 2.74. The summed E-state index contributed by atoms with van der Waals surface area (Å²) >= 11 is 0. The fraction of sp³-hybridized carbons (Fsp3) is 0.182. The van der Waals surface area contributed by atoms with Crippen molar-refractivity contribution in [3.63, 3.8) is 0 Å². The van der Waals surface area contributed by atoms with Crippen LogP contribution in [-0.2, 0) is 5.41 Å². The number of phenols is 6. The summed E-state index contributed by atoms with van der Waals surface area (Å²) in [4.78, 5) is 0. The van der Waals surface area contributed by atoms with Crippen molar-refractivity contribution in [2.75, 3.05) is 0 Å². The second-order valence-electron chi connectivity index (χ2n) is 7.04. The molecule has 3 rings (SSSR count). The molecular formula is C22H22O6. The van der Waals surface area contributed by atoms with Crippen LogP contribution in [0.5, 0.6) is 34.5 Å². The lowest BCUT2D eigenvalue weighted by atomic mass is 9.69. The fourth-order valence-corrected chi connectivity index (χ4v) is 3.56. The van der Waals surface area contributed by atoms with E-state index in [1.54, 1.807) is 20.8 Å². The van der Waals surface area contributed by atoms with Crippen LogP contribution in [0.4, 0.5) is 0 Å². The minimum Gasteiger partial charge on any atom is -0.508 e. The topological polar surface area (TPSA) is 121 Å². The van der Waals surface area contributed by atoms with Crippen molar-refractivity contribution in [2.45, 2.75) is 26.2 Å².